The smallest absolute Gasteiger partial charge is 0.364 e. The summed E-state index contributed by atoms with van der Waals surface area (Å²) in [5, 5.41) is 20.2. The van der Waals surface area contributed by atoms with E-state index >= 15 is 0 Å². The number of ketones is 1. The second-order valence-electron chi connectivity index (χ2n) is 6.33. The number of benzene rings is 1. The van der Waals surface area contributed by atoms with Crippen LogP contribution in [0.3, 0.4) is 0 Å². The van der Waals surface area contributed by atoms with E-state index in [9.17, 15) is 14.7 Å². The van der Waals surface area contributed by atoms with E-state index in [-0.39, 0.29) is 40.8 Å². The molecule has 0 saturated heterocycles. The predicted octanol–water partition coefficient (Wildman–Crippen LogP) is 2.25. The highest BCUT2D eigenvalue weighted by molar-refractivity contribution is 6.00. The van der Waals surface area contributed by atoms with Crippen molar-refractivity contribution in [3.05, 3.63) is 41.8 Å². The average Bonchev–Trinajstić information content (AvgIpc) is 2.89. The maximum Gasteiger partial charge on any atom is 0.364 e. The van der Waals surface area contributed by atoms with E-state index in [0.29, 0.717) is 18.5 Å². The molecule has 2 amide bonds. The van der Waals surface area contributed by atoms with Gasteiger partial charge in [-0.3, -0.25) is 4.79 Å². The van der Waals surface area contributed by atoms with Crippen LogP contribution in [-0.4, -0.2) is 48.8 Å². The van der Waals surface area contributed by atoms with Crippen molar-refractivity contribution in [2.45, 2.75) is 25.0 Å². The zero-order valence-electron chi connectivity index (χ0n) is 15.1. The Morgan fingerprint density at radius 3 is 2.30 bits per heavy atom. The number of carbonyl (C=O) groups excluding carboxylic acids is 2. The third-order valence-electron chi connectivity index (χ3n) is 4.91. The quantitative estimate of drug-likeness (QED) is 0.774. The number of azo groups is 1. The van der Waals surface area contributed by atoms with Gasteiger partial charge in [0, 0.05) is 31.7 Å². The summed E-state index contributed by atoms with van der Waals surface area (Å²) in [6.07, 6.45) is 0.439. The van der Waals surface area contributed by atoms with Crippen LogP contribution in [0.2, 0.25) is 0 Å². The van der Waals surface area contributed by atoms with E-state index in [1.54, 1.807) is 38.5 Å². The first-order chi connectivity index (χ1) is 12.5. The first-order valence-corrected chi connectivity index (χ1v) is 8.35. The molecule has 2 aliphatic carbocycles. The number of aliphatic hydroxyl groups is 1. The van der Waals surface area contributed by atoms with Crippen LogP contribution in [0.1, 0.15) is 12.8 Å². The molecule has 9 heteroatoms. The van der Waals surface area contributed by atoms with Gasteiger partial charge in [-0.25, -0.2) is 4.79 Å². The van der Waals surface area contributed by atoms with Gasteiger partial charge in [0.05, 0.1) is 12.2 Å². The predicted molar refractivity (Wildman–Crippen MR) is 96.4 cm³/mol. The molecule has 0 spiro atoms. The molecule has 9 nitrogen and oxygen atoms in total. The van der Waals surface area contributed by atoms with Crippen molar-refractivity contribution < 1.29 is 29.6 Å². The van der Waals surface area contributed by atoms with Gasteiger partial charge in [-0.15, -0.1) is 5.11 Å². The lowest BCUT2D eigenvalue weighted by molar-refractivity contribution is -0.127. The van der Waals surface area contributed by atoms with Crippen LogP contribution in [0.25, 0.3) is 0 Å². The number of hydrogen-bond acceptors (Lipinski definition) is 6. The van der Waals surface area contributed by atoms with Gasteiger partial charge < -0.3 is 25.4 Å². The summed E-state index contributed by atoms with van der Waals surface area (Å²) in [5.74, 6) is -1.27. The monoisotopic (exact) mass is 377 g/mol. The number of fused-ring (bicyclic) bond motifs is 1. The van der Waals surface area contributed by atoms with Gasteiger partial charge >= 0.3 is 6.03 Å². The number of allylic oxidation sites excluding steroid dienone is 2. The number of amides is 2. The molecule has 3 rings (SSSR count). The molecule has 1 aromatic carbocycles. The second kappa shape index (κ2) is 8.85. The van der Waals surface area contributed by atoms with Gasteiger partial charge in [0.25, 0.3) is 0 Å². The lowest BCUT2D eigenvalue weighted by atomic mass is 9.77. The van der Waals surface area contributed by atoms with Crippen LogP contribution in [0.15, 0.2) is 52.0 Å². The van der Waals surface area contributed by atoms with E-state index in [0.717, 1.165) is 0 Å². The maximum absolute atomic E-state index is 12.6. The largest absolute Gasteiger partial charge is 0.510 e. The van der Waals surface area contributed by atoms with Crippen LogP contribution in [0, 0.1) is 11.8 Å². The molecule has 146 valence electrons. The number of nitrogens with zero attached hydrogens (tertiary/aromatic N) is 2. The Bertz CT molecular complexity index is 749. The zero-order valence-corrected chi connectivity index (χ0v) is 15.1. The Morgan fingerprint density at radius 2 is 1.70 bits per heavy atom. The van der Waals surface area contributed by atoms with Crippen LogP contribution >= 0.6 is 0 Å². The first kappa shape index (κ1) is 20.7. The summed E-state index contributed by atoms with van der Waals surface area (Å²) >= 11 is 0. The lowest BCUT2D eigenvalue weighted by Crippen LogP contribution is -2.42. The SMILES string of the molecule is COC1CC2C(=O)C(N=NC(=O)Nc3ccccc3)=C(O)C2CC1OC.O. The molecule has 0 aromatic heterocycles. The standard InChI is InChI=1S/C18H21N3O5.H2O/c1-25-13-8-11-12(9-14(13)26-2)17(23)15(16(11)22)20-21-18(24)19-10-6-4-3-5-7-10;/h3-7,11-14,22H,8-9H2,1-2H3,(H,19,24);1H2. The molecule has 1 fully saturated rings. The Kier molecular flexibility index (Phi) is 6.78. The fourth-order valence-corrected chi connectivity index (χ4v) is 3.56. The summed E-state index contributed by atoms with van der Waals surface area (Å²) in [4.78, 5) is 24.4. The molecule has 2 aliphatic rings. The van der Waals surface area contributed by atoms with Crippen molar-refractivity contribution in [3.8, 4) is 0 Å². The van der Waals surface area contributed by atoms with Crippen molar-refractivity contribution >= 4 is 17.5 Å². The van der Waals surface area contributed by atoms with Crippen LogP contribution in [0.4, 0.5) is 10.5 Å². The number of urea groups is 1. The molecule has 4 atom stereocenters. The van der Waals surface area contributed by atoms with E-state index < -0.39 is 11.9 Å². The topological polar surface area (TPSA) is 141 Å². The fourth-order valence-electron chi connectivity index (χ4n) is 3.56. The van der Waals surface area contributed by atoms with Gasteiger partial charge in [0.15, 0.2) is 11.5 Å². The molecule has 0 aliphatic heterocycles. The summed E-state index contributed by atoms with van der Waals surface area (Å²) in [5.41, 5.74) is 0.404. The number of carbonyl (C=O) groups is 2. The minimum atomic E-state index is -0.719. The molecule has 1 aromatic rings. The van der Waals surface area contributed by atoms with Gasteiger partial charge in [0.2, 0.25) is 0 Å². The number of nitrogens with one attached hydrogen (secondary N) is 1. The average molecular weight is 377 g/mol. The number of hydrogen-bond donors (Lipinski definition) is 2. The Morgan fingerprint density at radius 1 is 1.11 bits per heavy atom. The zero-order chi connectivity index (χ0) is 18.7. The summed E-state index contributed by atoms with van der Waals surface area (Å²) in [6.45, 7) is 0. The highest BCUT2D eigenvalue weighted by Gasteiger charge is 2.49. The molecule has 0 heterocycles. The van der Waals surface area contributed by atoms with Gasteiger partial charge in [-0.2, -0.15) is 0 Å². The van der Waals surface area contributed by atoms with Crippen molar-refractivity contribution in [1.29, 1.82) is 0 Å². The van der Waals surface area contributed by atoms with Crippen molar-refractivity contribution in [2.75, 3.05) is 19.5 Å². The minimum absolute atomic E-state index is 0. The maximum atomic E-state index is 12.6. The first-order valence-electron chi connectivity index (χ1n) is 8.35. The van der Waals surface area contributed by atoms with Gasteiger partial charge in [-0.05, 0) is 25.0 Å². The number of aliphatic hydroxyl groups excluding tert-OH is 1. The normalized spacial score (nSPS) is 27.4. The molecular weight excluding hydrogens is 354 g/mol. The molecule has 0 radical (unpaired) electrons. The van der Waals surface area contributed by atoms with E-state index in [4.69, 9.17) is 9.47 Å². The summed E-state index contributed by atoms with van der Waals surface area (Å²) in [7, 11) is 3.14. The summed E-state index contributed by atoms with van der Waals surface area (Å²) < 4.78 is 10.8. The molecule has 1 saturated carbocycles. The number of anilines is 1. The molecular formula is C18H23N3O6. The minimum Gasteiger partial charge on any atom is -0.510 e. The number of para-hydroxylation sites is 1. The van der Waals surface area contributed by atoms with Crippen molar-refractivity contribution in [3.63, 3.8) is 0 Å². The Hall–Kier alpha value is -2.62. The Labute approximate surface area is 156 Å². The number of rotatable bonds is 4. The van der Waals surface area contributed by atoms with Crippen molar-refractivity contribution in [2.24, 2.45) is 22.1 Å². The number of methoxy groups -OCH3 is 2. The Balaban J connectivity index is 0.00000261. The number of ether oxygens (including phenoxy) is 2. The lowest BCUT2D eigenvalue weighted by Gasteiger charge is -2.36. The molecule has 27 heavy (non-hydrogen) atoms. The fraction of sp³-hybridized carbons (Fsp3) is 0.444. The van der Waals surface area contributed by atoms with E-state index in [1.807, 2.05) is 6.07 Å². The van der Waals surface area contributed by atoms with Gasteiger partial charge in [-0.1, -0.05) is 23.3 Å². The van der Waals surface area contributed by atoms with E-state index in [2.05, 4.69) is 15.5 Å². The highest BCUT2D eigenvalue weighted by Crippen LogP contribution is 2.44. The highest BCUT2D eigenvalue weighted by atomic mass is 16.5. The number of Topliss-reactive ketones (excluding diaryl/α,β-unsaturated/α-hetero) is 1. The molecule has 4 unspecified atom stereocenters. The van der Waals surface area contributed by atoms with Crippen LogP contribution < -0.4 is 5.32 Å². The summed E-state index contributed by atoms with van der Waals surface area (Å²) in [6, 6.07) is 8.04. The van der Waals surface area contributed by atoms with Crippen LogP contribution in [0.5, 0.6) is 0 Å². The molecule has 0 bridgehead atoms. The van der Waals surface area contributed by atoms with Crippen LogP contribution in [-0.2, 0) is 14.3 Å². The van der Waals surface area contributed by atoms with Crippen molar-refractivity contribution in [1.82, 2.24) is 0 Å². The molecule has 4 N–H and O–H groups in total. The third kappa shape index (κ3) is 4.21. The van der Waals surface area contributed by atoms with Gasteiger partial charge in [0.1, 0.15) is 5.76 Å². The second-order valence-corrected chi connectivity index (χ2v) is 6.33. The van der Waals surface area contributed by atoms with E-state index in [1.165, 1.54) is 0 Å². The third-order valence-corrected chi connectivity index (χ3v) is 4.91.